The van der Waals surface area contributed by atoms with Crippen molar-refractivity contribution >= 4 is 12.1 Å². The zero-order valence-electron chi connectivity index (χ0n) is 16.2. The Morgan fingerprint density at radius 3 is 2.27 bits per heavy atom. The number of nitrogens with one attached hydrogen (secondary N) is 1. The quantitative estimate of drug-likeness (QED) is 0.811. The van der Waals surface area contributed by atoms with Crippen LogP contribution in [0.3, 0.4) is 0 Å². The Morgan fingerprint density at radius 2 is 1.73 bits per heavy atom. The fourth-order valence-electron chi connectivity index (χ4n) is 3.78. The number of hydrogen-bond donors (Lipinski definition) is 1. The highest BCUT2D eigenvalue weighted by Gasteiger charge is 2.45. The smallest absolute Gasteiger partial charge is 0.407 e. The largest absolute Gasteiger partial charge is 0.459 e. The minimum atomic E-state index is -0.784. The summed E-state index contributed by atoms with van der Waals surface area (Å²) in [5.74, 6) is -0.575. The van der Waals surface area contributed by atoms with Crippen LogP contribution < -0.4 is 5.32 Å². The molecule has 0 spiro atoms. The average Bonchev–Trinajstić information content (AvgIpc) is 2.55. The van der Waals surface area contributed by atoms with Crippen molar-refractivity contribution in [2.45, 2.75) is 64.4 Å². The Morgan fingerprint density at radius 1 is 1.15 bits per heavy atom. The fraction of sp³-hybridized carbons (Fsp3) is 0.600. The Labute approximate surface area is 155 Å². The highest BCUT2D eigenvalue weighted by Crippen LogP contribution is 2.40. The third-order valence-corrected chi connectivity index (χ3v) is 4.47. The first-order chi connectivity index (χ1) is 12.1. The molecule has 0 aliphatic carbocycles. The van der Waals surface area contributed by atoms with E-state index in [1.807, 2.05) is 58.0 Å². The van der Waals surface area contributed by atoms with E-state index in [2.05, 4.69) is 5.32 Å². The van der Waals surface area contributed by atoms with Gasteiger partial charge in [-0.05, 0) is 52.0 Å². The second-order valence-electron chi connectivity index (χ2n) is 8.00. The van der Waals surface area contributed by atoms with Crippen molar-refractivity contribution in [2.24, 2.45) is 5.92 Å². The molecule has 1 aliphatic rings. The molecule has 1 heterocycles. The van der Waals surface area contributed by atoms with E-state index in [0.717, 1.165) is 5.56 Å². The highest BCUT2D eigenvalue weighted by molar-refractivity contribution is 5.81. The number of carbonyl (C=O) groups excluding carboxylic acids is 2. The van der Waals surface area contributed by atoms with E-state index in [9.17, 15) is 9.59 Å². The van der Waals surface area contributed by atoms with Crippen molar-refractivity contribution in [3.8, 4) is 0 Å². The average molecular weight is 363 g/mol. The van der Waals surface area contributed by atoms with E-state index in [1.165, 1.54) is 7.11 Å². The van der Waals surface area contributed by atoms with Crippen molar-refractivity contribution in [2.75, 3.05) is 7.11 Å². The summed E-state index contributed by atoms with van der Waals surface area (Å²) in [6.45, 7) is 8.13. The predicted molar refractivity (Wildman–Crippen MR) is 97.5 cm³/mol. The summed E-state index contributed by atoms with van der Waals surface area (Å²) in [5, 5.41) is 2.66. The molecule has 26 heavy (non-hydrogen) atoms. The van der Waals surface area contributed by atoms with Crippen LogP contribution in [0.4, 0.5) is 4.79 Å². The third-order valence-electron chi connectivity index (χ3n) is 4.47. The molecule has 0 radical (unpaired) electrons. The van der Waals surface area contributed by atoms with Crippen LogP contribution in [-0.4, -0.2) is 36.4 Å². The molecule has 1 N–H and O–H groups in total. The number of methoxy groups -OCH3 is 1. The van der Waals surface area contributed by atoms with Crippen LogP contribution in [0, 0.1) is 5.92 Å². The maximum absolute atomic E-state index is 12.8. The van der Waals surface area contributed by atoms with Gasteiger partial charge in [-0.3, -0.25) is 0 Å². The maximum Gasteiger partial charge on any atom is 0.407 e. The lowest BCUT2D eigenvalue weighted by Crippen LogP contribution is -2.54. The van der Waals surface area contributed by atoms with Crippen molar-refractivity contribution in [1.82, 2.24) is 5.32 Å². The van der Waals surface area contributed by atoms with Crippen molar-refractivity contribution in [1.29, 1.82) is 0 Å². The molecular formula is C20H29NO5. The molecular weight excluding hydrogens is 334 g/mol. The van der Waals surface area contributed by atoms with Crippen molar-refractivity contribution in [3.63, 3.8) is 0 Å². The molecule has 0 unspecified atom stereocenters. The molecule has 6 heteroatoms. The van der Waals surface area contributed by atoms with E-state index >= 15 is 0 Å². The number of esters is 1. The van der Waals surface area contributed by atoms with Crippen LogP contribution in [0.2, 0.25) is 0 Å². The number of ether oxygens (including phenoxy) is 3. The van der Waals surface area contributed by atoms with Gasteiger partial charge >= 0.3 is 12.1 Å². The predicted octanol–water partition coefficient (Wildman–Crippen LogP) is 3.44. The van der Waals surface area contributed by atoms with Gasteiger partial charge in [0.05, 0.1) is 18.3 Å². The highest BCUT2D eigenvalue weighted by atomic mass is 16.5. The molecule has 1 fully saturated rings. The van der Waals surface area contributed by atoms with Gasteiger partial charge in [-0.1, -0.05) is 30.3 Å². The first-order valence-corrected chi connectivity index (χ1v) is 8.87. The molecule has 0 saturated carbocycles. The summed E-state index contributed by atoms with van der Waals surface area (Å²) in [5.41, 5.74) is 0.0926. The van der Waals surface area contributed by atoms with Crippen LogP contribution in [0.5, 0.6) is 0 Å². The number of carbonyl (C=O) groups is 2. The molecule has 1 amide bonds. The van der Waals surface area contributed by atoms with Crippen LogP contribution in [-0.2, 0) is 25.6 Å². The normalized spacial score (nSPS) is 20.0. The number of hydrogen-bond acceptors (Lipinski definition) is 5. The molecule has 1 atom stereocenters. The van der Waals surface area contributed by atoms with Gasteiger partial charge in [0, 0.05) is 0 Å². The minimum absolute atomic E-state index is 0.115. The van der Waals surface area contributed by atoms with Gasteiger partial charge in [0.25, 0.3) is 0 Å². The zero-order chi connectivity index (χ0) is 19.4. The van der Waals surface area contributed by atoms with Gasteiger partial charge < -0.3 is 19.5 Å². The van der Waals surface area contributed by atoms with Gasteiger partial charge in [0.2, 0.25) is 0 Å². The van der Waals surface area contributed by atoms with Crippen molar-refractivity contribution in [3.05, 3.63) is 35.9 Å². The first kappa shape index (κ1) is 20.2. The van der Waals surface area contributed by atoms with Gasteiger partial charge in [-0.2, -0.15) is 0 Å². The topological polar surface area (TPSA) is 73.9 Å². The summed E-state index contributed by atoms with van der Waals surface area (Å²) in [6.07, 6.45) is 0.616. The SMILES string of the molecule is COC(=O)N[C@@H](C(=O)OCc1ccccc1)C1CC(C)(C)OC(C)(C)C1. The first-order valence-electron chi connectivity index (χ1n) is 8.87. The Kier molecular flexibility index (Phi) is 6.29. The second-order valence-corrected chi connectivity index (χ2v) is 8.00. The van der Waals surface area contributed by atoms with Crippen LogP contribution in [0.15, 0.2) is 30.3 Å². The van der Waals surface area contributed by atoms with Gasteiger partial charge in [0.1, 0.15) is 12.6 Å². The summed E-state index contributed by atoms with van der Waals surface area (Å²) in [7, 11) is 1.28. The summed E-state index contributed by atoms with van der Waals surface area (Å²) in [4.78, 5) is 24.5. The minimum Gasteiger partial charge on any atom is -0.459 e. The number of alkyl carbamates (subject to hydrolysis) is 1. The van der Waals surface area contributed by atoms with Gasteiger partial charge in [0.15, 0.2) is 0 Å². The van der Waals surface area contributed by atoms with Crippen LogP contribution >= 0.6 is 0 Å². The molecule has 0 bridgehead atoms. The Balaban J connectivity index is 2.14. The maximum atomic E-state index is 12.8. The molecule has 1 aromatic carbocycles. The fourth-order valence-corrected chi connectivity index (χ4v) is 3.78. The van der Waals surface area contributed by atoms with E-state index in [4.69, 9.17) is 14.2 Å². The van der Waals surface area contributed by atoms with E-state index in [1.54, 1.807) is 0 Å². The molecule has 1 aromatic rings. The molecule has 0 aromatic heterocycles. The van der Waals surface area contributed by atoms with Crippen LogP contribution in [0.1, 0.15) is 46.1 Å². The van der Waals surface area contributed by atoms with Crippen LogP contribution in [0.25, 0.3) is 0 Å². The second kappa shape index (κ2) is 8.08. The van der Waals surface area contributed by atoms with Crippen molar-refractivity contribution < 1.29 is 23.8 Å². The lowest BCUT2D eigenvalue weighted by molar-refractivity contribution is -0.181. The van der Waals surface area contributed by atoms with Gasteiger partial charge in [-0.15, -0.1) is 0 Å². The molecule has 2 rings (SSSR count). The number of amides is 1. The molecule has 6 nitrogen and oxygen atoms in total. The van der Waals surface area contributed by atoms with E-state index < -0.39 is 29.3 Å². The summed E-state index contributed by atoms with van der Waals surface area (Å²) in [6, 6.07) is 8.66. The van der Waals surface area contributed by atoms with Gasteiger partial charge in [-0.25, -0.2) is 9.59 Å². The third kappa shape index (κ3) is 5.73. The Hall–Kier alpha value is -2.08. The molecule has 1 saturated heterocycles. The Bertz CT molecular complexity index is 610. The number of rotatable bonds is 5. The zero-order valence-corrected chi connectivity index (χ0v) is 16.2. The lowest BCUT2D eigenvalue weighted by atomic mass is 9.77. The summed E-state index contributed by atoms with van der Waals surface area (Å²) >= 11 is 0. The summed E-state index contributed by atoms with van der Waals surface area (Å²) < 4.78 is 16.3. The lowest BCUT2D eigenvalue weighted by Gasteiger charge is -2.46. The van der Waals surface area contributed by atoms with E-state index in [0.29, 0.717) is 12.8 Å². The molecule has 144 valence electrons. The molecule has 1 aliphatic heterocycles. The standard InChI is InChI=1S/C20H29NO5/c1-19(2)11-15(12-20(3,4)26-19)16(21-18(23)24-5)17(22)25-13-14-9-7-6-8-10-14/h6-10,15-16H,11-13H2,1-5H3,(H,21,23)/t16-/m1/s1. The number of benzene rings is 1. The van der Waals surface area contributed by atoms with E-state index in [-0.39, 0.29) is 12.5 Å². The monoisotopic (exact) mass is 363 g/mol.